The van der Waals surface area contributed by atoms with Gasteiger partial charge in [-0.15, -0.1) is 0 Å². The topological polar surface area (TPSA) is 64.6 Å². The number of dihydropyridines is 1. The van der Waals surface area contributed by atoms with E-state index in [2.05, 4.69) is 14.8 Å². The molecule has 0 saturated carbocycles. The predicted octanol–water partition coefficient (Wildman–Crippen LogP) is 2.69. The Kier molecular flexibility index (Phi) is 5.85. The maximum atomic E-state index is 13.3. The number of halogens is 3. The van der Waals surface area contributed by atoms with Gasteiger partial charge in [0.15, 0.2) is 0 Å². The Hall–Kier alpha value is -1.99. The zero-order chi connectivity index (χ0) is 17.9. The van der Waals surface area contributed by atoms with Crippen LogP contribution in [0.3, 0.4) is 0 Å². The number of hydrogen-bond acceptors (Lipinski definition) is 5. The minimum atomic E-state index is -4.78. The smallest absolute Gasteiger partial charge is 0.431 e. The van der Waals surface area contributed by atoms with Crippen molar-refractivity contribution in [3.05, 3.63) is 22.5 Å². The van der Waals surface area contributed by atoms with Gasteiger partial charge >= 0.3 is 18.1 Å². The molecular formula is C15H20F3NO4. The number of nitrogens with one attached hydrogen (secondary N) is 1. The van der Waals surface area contributed by atoms with Crippen molar-refractivity contribution < 1.29 is 32.2 Å². The van der Waals surface area contributed by atoms with Crippen molar-refractivity contribution >= 4 is 11.9 Å². The molecule has 0 aromatic carbocycles. The number of rotatable bonds is 4. The summed E-state index contributed by atoms with van der Waals surface area (Å²) >= 11 is 0. The number of carbonyl (C=O) groups is 2. The maximum Gasteiger partial charge on any atom is 0.431 e. The molecule has 1 aliphatic rings. The van der Waals surface area contributed by atoms with E-state index in [1.54, 1.807) is 13.8 Å². The quantitative estimate of drug-likeness (QED) is 0.800. The molecule has 1 unspecified atom stereocenters. The molecule has 1 aliphatic heterocycles. The fourth-order valence-corrected chi connectivity index (χ4v) is 2.59. The Morgan fingerprint density at radius 1 is 1.13 bits per heavy atom. The van der Waals surface area contributed by atoms with Gasteiger partial charge in [-0.3, -0.25) is 0 Å². The Morgan fingerprint density at radius 3 is 2.00 bits per heavy atom. The molecule has 0 bridgehead atoms. The van der Waals surface area contributed by atoms with E-state index in [-0.39, 0.29) is 23.6 Å². The summed E-state index contributed by atoms with van der Waals surface area (Å²) in [5, 5.41) is 2.12. The van der Waals surface area contributed by atoms with E-state index in [0.717, 1.165) is 14.2 Å². The van der Waals surface area contributed by atoms with E-state index in [4.69, 9.17) is 0 Å². The molecule has 1 rings (SSSR count). The third-order valence-corrected chi connectivity index (χ3v) is 3.48. The van der Waals surface area contributed by atoms with Gasteiger partial charge in [-0.05, 0) is 19.3 Å². The van der Waals surface area contributed by atoms with Crippen molar-refractivity contribution in [3.63, 3.8) is 0 Å². The second kappa shape index (κ2) is 7.06. The van der Waals surface area contributed by atoms with Gasteiger partial charge in [0.1, 0.15) is 5.70 Å². The van der Waals surface area contributed by atoms with Crippen molar-refractivity contribution in [1.29, 1.82) is 0 Å². The maximum absolute atomic E-state index is 13.3. The van der Waals surface area contributed by atoms with Gasteiger partial charge in [-0.25, -0.2) is 9.59 Å². The van der Waals surface area contributed by atoms with Crippen LogP contribution >= 0.6 is 0 Å². The molecular weight excluding hydrogens is 315 g/mol. The molecule has 0 saturated heterocycles. The first-order chi connectivity index (χ1) is 10.5. The second-order valence-electron chi connectivity index (χ2n) is 5.62. The monoisotopic (exact) mass is 335 g/mol. The van der Waals surface area contributed by atoms with Crippen LogP contribution in [0.25, 0.3) is 0 Å². The van der Waals surface area contributed by atoms with Crippen LogP contribution in [-0.4, -0.2) is 32.3 Å². The number of ether oxygens (including phenoxy) is 2. The van der Waals surface area contributed by atoms with E-state index in [9.17, 15) is 22.8 Å². The third kappa shape index (κ3) is 4.05. The SMILES string of the molecule is COC(=O)C1=C(C)NC(C(F)(F)F)=C(C(=O)OC)C1CC(C)C. The summed E-state index contributed by atoms with van der Waals surface area (Å²) in [5.74, 6) is -3.00. The summed E-state index contributed by atoms with van der Waals surface area (Å²) in [6.45, 7) is 4.92. The van der Waals surface area contributed by atoms with Crippen molar-refractivity contribution in [2.24, 2.45) is 11.8 Å². The van der Waals surface area contributed by atoms with E-state index in [1.165, 1.54) is 6.92 Å². The summed E-state index contributed by atoms with van der Waals surface area (Å²) in [5.41, 5.74) is -1.77. The number of esters is 2. The van der Waals surface area contributed by atoms with Crippen LogP contribution in [0.1, 0.15) is 27.2 Å². The molecule has 1 N–H and O–H groups in total. The number of hydrogen-bond donors (Lipinski definition) is 1. The minimum absolute atomic E-state index is 0.00889. The molecule has 0 aliphatic carbocycles. The average molecular weight is 335 g/mol. The predicted molar refractivity (Wildman–Crippen MR) is 75.9 cm³/mol. The first-order valence-electron chi connectivity index (χ1n) is 7.00. The van der Waals surface area contributed by atoms with Gasteiger partial charge in [0.05, 0.1) is 25.4 Å². The largest absolute Gasteiger partial charge is 0.466 e. The summed E-state index contributed by atoms with van der Waals surface area (Å²) in [6.07, 6.45) is -4.60. The van der Waals surface area contributed by atoms with Crippen LogP contribution in [0, 0.1) is 11.8 Å². The van der Waals surface area contributed by atoms with Crippen molar-refractivity contribution in [2.45, 2.75) is 33.4 Å². The van der Waals surface area contributed by atoms with Gasteiger partial charge < -0.3 is 14.8 Å². The molecule has 0 aromatic rings. The molecule has 0 spiro atoms. The lowest BCUT2D eigenvalue weighted by Gasteiger charge is -2.32. The van der Waals surface area contributed by atoms with Crippen LogP contribution in [0.15, 0.2) is 22.5 Å². The highest BCUT2D eigenvalue weighted by Gasteiger charge is 2.46. The molecule has 0 aromatic heterocycles. The summed E-state index contributed by atoms with van der Waals surface area (Å²) < 4.78 is 49.1. The van der Waals surface area contributed by atoms with Crippen molar-refractivity contribution in [3.8, 4) is 0 Å². The Morgan fingerprint density at radius 2 is 1.61 bits per heavy atom. The standard InChI is InChI=1S/C15H20F3NO4/c1-7(2)6-9-10(13(20)22-4)8(3)19-12(15(16,17)18)11(9)14(21)23-5/h7,9,19H,6H2,1-5H3. The van der Waals surface area contributed by atoms with Crippen LogP contribution in [0.5, 0.6) is 0 Å². The second-order valence-corrected chi connectivity index (χ2v) is 5.62. The lowest BCUT2D eigenvalue weighted by molar-refractivity contribution is -0.139. The molecule has 130 valence electrons. The summed E-state index contributed by atoms with van der Waals surface area (Å²) in [6, 6.07) is 0. The third-order valence-electron chi connectivity index (χ3n) is 3.48. The Labute approximate surface area is 132 Å². The zero-order valence-electron chi connectivity index (χ0n) is 13.6. The highest BCUT2D eigenvalue weighted by Crippen LogP contribution is 2.40. The summed E-state index contributed by atoms with van der Waals surface area (Å²) in [4.78, 5) is 24.0. The van der Waals surface area contributed by atoms with Gasteiger partial charge in [0, 0.05) is 11.6 Å². The average Bonchev–Trinajstić information content (AvgIpc) is 2.43. The fourth-order valence-electron chi connectivity index (χ4n) is 2.59. The van der Waals surface area contributed by atoms with Gasteiger partial charge in [0.25, 0.3) is 0 Å². The fraction of sp³-hybridized carbons (Fsp3) is 0.600. The van der Waals surface area contributed by atoms with Crippen molar-refractivity contribution in [2.75, 3.05) is 14.2 Å². The molecule has 1 atom stereocenters. The summed E-state index contributed by atoms with van der Waals surface area (Å²) in [7, 11) is 2.13. The van der Waals surface area contributed by atoms with Gasteiger partial charge in [0.2, 0.25) is 0 Å². The van der Waals surface area contributed by atoms with E-state index < -0.39 is 35.3 Å². The lowest BCUT2D eigenvalue weighted by Crippen LogP contribution is -2.39. The van der Waals surface area contributed by atoms with E-state index in [0.29, 0.717) is 0 Å². The molecule has 0 amide bonds. The van der Waals surface area contributed by atoms with E-state index >= 15 is 0 Å². The zero-order valence-corrected chi connectivity index (χ0v) is 13.6. The highest BCUT2D eigenvalue weighted by atomic mass is 19.4. The Balaban J connectivity index is 3.59. The number of methoxy groups -OCH3 is 2. The molecule has 23 heavy (non-hydrogen) atoms. The van der Waals surface area contributed by atoms with Crippen LogP contribution < -0.4 is 5.32 Å². The molecule has 5 nitrogen and oxygen atoms in total. The molecule has 0 fully saturated rings. The molecule has 8 heteroatoms. The minimum Gasteiger partial charge on any atom is -0.466 e. The van der Waals surface area contributed by atoms with Crippen LogP contribution in [0.4, 0.5) is 13.2 Å². The van der Waals surface area contributed by atoms with Gasteiger partial charge in [-0.1, -0.05) is 13.8 Å². The number of alkyl halides is 3. The molecule has 1 heterocycles. The van der Waals surface area contributed by atoms with Crippen LogP contribution in [-0.2, 0) is 19.1 Å². The normalized spacial score (nSPS) is 18.9. The molecule has 0 radical (unpaired) electrons. The highest BCUT2D eigenvalue weighted by molar-refractivity contribution is 5.97. The number of allylic oxidation sites excluding steroid dienone is 2. The van der Waals surface area contributed by atoms with Gasteiger partial charge in [-0.2, -0.15) is 13.2 Å². The first-order valence-corrected chi connectivity index (χ1v) is 7.00. The van der Waals surface area contributed by atoms with Crippen LogP contribution in [0.2, 0.25) is 0 Å². The first kappa shape index (κ1) is 19.1. The Bertz CT molecular complexity index is 562. The number of carbonyl (C=O) groups excluding carboxylic acids is 2. The van der Waals surface area contributed by atoms with E-state index in [1.807, 2.05) is 0 Å². The van der Waals surface area contributed by atoms with Crippen molar-refractivity contribution in [1.82, 2.24) is 5.32 Å². The lowest BCUT2D eigenvalue weighted by atomic mass is 9.80.